The van der Waals surface area contributed by atoms with Crippen LogP contribution in [0.25, 0.3) is 11.0 Å². The normalized spacial score (nSPS) is 10.2. The monoisotopic (exact) mass is 318 g/mol. The molecule has 23 heavy (non-hydrogen) atoms. The van der Waals surface area contributed by atoms with Gasteiger partial charge in [-0.3, -0.25) is 4.79 Å². The van der Waals surface area contributed by atoms with Crippen molar-refractivity contribution in [1.29, 1.82) is 0 Å². The molecule has 0 fully saturated rings. The first kappa shape index (κ1) is 16.6. The maximum absolute atomic E-state index is 13.1. The van der Waals surface area contributed by atoms with E-state index < -0.39 is 5.97 Å². The molecule has 1 aromatic carbocycles. The fraction of sp³-hybridized carbons (Fsp3) is 0.176. The van der Waals surface area contributed by atoms with Crippen LogP contribution >= 0.6 is 0 Å². The van der Waals surface area contributed by atoms with Gasteiger partial charge in [-0.15, -0.1) is 0 Å². The van der Waals surface area contributed by atoms with Gasteiger partial charge < -0.3 is 9.67 Å². The van der Waals surface area contributed by atoms with E-state index in [0.717, 1.165) is 10.9 Å². The molecule has 0 radical (unpaired) electrons. The maximum atomic E-state index is 13.1. The largest absolute Gasteiger partial charge is 0.481 e. The van der Waals surface area contributed by atoms with Gasteiger partial charge in [0, 0.05) is 24.5 Å². The molecule has 0 atom stereocenters. The number of hydrogen-bond acceptors (Lipinski definition) is 2. The van der Waals surface area contributed by atoms with Crippen LogP contribution in [-0.2, 0) is 11.3 Å². The third-order valence-electron chi connectivity index (χ3n) is 3.11. The molecule has 4 nitrogen and oxygen atoms in total. The minimum atomic E-state index is -0.745. The highest BCUT2D eigenvalue weighted by molar-refractivity contribution is 5.76. The van der Waals surface area contributed by atoms with Crippen molar-refractivity contribution in [3.63, 3.8) is 0 Å². The molecule has 0 saturated carbocycles. The molecular weight excluding hydrogens is 302 g/mol. The van der Waals surface area contributed by atoms with Gasteiger partial charge >= 0.3 is 5.97 Å². The summed E-state index contributed by atoms with van der Waals surface area (Å²) in [6.07, 6.45) is 3.23. The van der Waals surface area contributed by atoms with Gasteiger partial charge in [0.15, 0.2) is 0 Å². The highest BCUT2D eigenvalue weighted by Gasteiger charge is 2.04. The molecule has 3 aromatic rings. The summed E-state index contributed by atoms with van der Waals surface area (Å²) >= 11 is 0. The van der Waals surface area contributed by atoms with Crippen LogP contribution in [0.2, 0.25) is 0 Å². The van der Waals surface area contributed by atoms with Gasteiger partial charge in [-0.2, -0.15) is 0 Å². The van der Waals surface area contributed by atoms with Crippen LogP contribution in [0.5, 0.6) is 0 Å². The fourth-order valence-corrected chi connectivity index (χ4v) is 2.01. The lowest BCUT2D eigenvalue weighted by atomic mass is 10.2. The van der Waals surface area contributed by atoms with Crippen molar-refractivity contribution in [1.82, 2.24) is 9.55 Å². The molecule has 0 saturated heterocycles. The Morgan fingerprint density at radius 3 is 2.61 bits per heavy atom. The number of benzene rings is 1. The lowest BCUT2D eigenvalue weighted by Crippen LogP contribution is -1.99. The summed E-state index contributed by atoms with van der Waals surface area (Å²) in [7, 11) is 0. The van der Waals surface area contributed by atoms with Gasteiger partial charge in [-0.25, -0.2) is 13.8 Å². The second-order valence-corrected chi connectivity index (χ2v) is 4.89. The van der Waals surface area contributed by atoms with E-state index in [1.165, 1.54) is 24.4 Å². The van der Waals surface area contributed by atoms with E-state index in [1.807, 2.05) is 16.8 Å². The van der Waals surface area contributed by atoms with Crippen LogP contribution in [0, 0.1) is 11.6 Å². The zero-order valence-electron chi connectivity index (χ0n) is 12.5. The third kappa shape index (κ3) is 4.60. The number of halogens is 2. The molecular formula is C17H16F2N2O2. The van der Waals surface area contributed by atoms with E-state index in [2.05, 4.69) is 4.98 Å². The van der Waals surface area contributed by atoms with Crippen molar-refractivity contribution in [2.24, 2.45) is 0 Å². The molecule has 0 unspecified atom stereocenters. The summed E-state index contributed by atoms with van der Waals surface area (Å²) in [5.41, 5.74) is 1.54. The first-order valence-corrected chi connectivity index (χ1v) is 7.06. The summed E-state index contributed by atoms with van der Waals surface area (Å²) in [5.74, 6) is -1.36. The smallest absolute Gasteiger partial charge is 0.303 e. The van der Waals surface area contributed by atoms with Crippen molar-refractivity contribution >= 4 is 17.0 Å². The Bertz CT molecular complexity index is 815. The Kier molecular flexibility index (Phi) is 5.41. The van der Waals surface area contributed by atoms with E-state index in [4.69, 9.17) is 5.11 Å². The molecule has 2 heterocycles. The summed E-state index contributed by atoms with van der Waals surface area (Å²) in [5, 5.41) is 8.46. The summed E-state index contributed by atoms with van der Waals surface area (Å²) in [6.45, 7) is 2.11. The zero-order valence-corrected chi connectivity index (χ0v) is 12.5. The van der Waals surface area contributed by atoms with Crippen LogP contribution in [0.1, 0.15) is 18.9 Å². The van der Waals surface area contributed by atoms with Gasteiger partial charge in [-0.05, 0) is 29.8 Å². The van der Waals surface area contributed by atoms with Crippen molar-refractivity contribution < 1.29 is 18.7 Å². The van der Waals surface area contributed by atoms with E-state index >= 15 is 0 Å². The number of fused-ring (bicyclic) bond motifs is 1. The standard InChI is InChI=1S/C14H10F2N2.C3H6O2/c15-12-3-1-2-10(6-12)9-18-5-4-11-7-13(16)8-17-14(11)18;1-2-3(4)5/h1-8H,9H2;2H2,1H3,(H,4,5). The number of carboxylic acid groups (broad SMARTS) is 1. The second-order valence-electron chi connectivity index (χ2n) is 4.89. The van der Waals surface area contributed by atoms with Gasteiger partial charge in [0.25, 0.3) is 0 Å². The number of hydrogen-bond donors (Lipinski definition) is 1. The van der Waals surface area contributed by atoms with Crippen LogP contribution < -0.4 is 0 Å². The topological polar surface area (TPSA) is 55.1 Å². The number of aromatic nitrogens is 2. The number of carbonyl (C=O) groups is 1. The van der Waals surface area contributed by atoms with Gasteiger partial charge in [0.2, 0.25) is 0 Å². The summed E-state index contributed by atoms with van der Waals surface area (Å²) in [6, 6.07) is 9.64. The molecule has 0 aliphatic rings. The predicted octanol–water partition coefficient (Wildman–Crippen LogP) is 3.84. The lowest BCUT2D eigenvalue weighted by molar-refractivity contribution is -0.136. The minimum absolute atomic E-state index is 0.222. The highest BCUT2D eigenvalue weighted by Crippen LogP contribution is 2.16. The third-order valence-corrected chi connectivity index (χ3v) is 3.11. The van der Waals surface area contributed by atoms with E-state index in [-0.39, 0.29) is 18.1 Å². The molecule has 3 rings (SSSR count). The average molecular weight is 318 g/mol. The first-order valence-electron chi connectivity index (χ1n) is 7.06. The van der Waals surface area contributed by atoms with Crippen molar-refractivity contribution in [3.8, 4) is 0 Å². The number of pyridine rings is 1. The van der Waals surface area contributed by atoms with Gasteiger partial charge in [0.1, 0.15) is 17.3 Å². The summed E-state index contributed by atoms with van der Waals surface area (Å²) < 4.78 is 28.0. The fourth-order valence-electron chi connectivity index (χ4n) is 2.01. The highest BCUT2D eigenvalue weighted by atomic mass is 19.1. The molecule has 0 spiro atoms. The van der Waals surface area contributed by atoms with Crippen LogP contribution in [-0.4, -0.2) is 20.6 Å². The Balaban J connectivity index is 0.000000338. The van der Waals surface area contributed by atoms with Crippen LogP contribution in [0.3, 0.4) is 0 Å². The molecule has 120 valence electrons. The molecule has 0 aliphatic carbocycles. The molecule has 6 heteroatoms. The van der Waals surface area contributed by atoms with E-state index in [0.29, 0.717) is 12.2 Å². The minimum Gasteiger partial charge on any atom is -0.481 e. The van der Waals surface area contributed by atoms with E-state index in [1.54, 1.807) is 19.1 Å². The van der Waals surface area contributed by atoms with Crippen molar-refractivity contribution in [3.05, 3.63) is 66.0 Å². The number of carboxylic acids is 1. The molecule has 0 aliphatic heterocycles. The van der Waals surface area contributed by atoms with Crippen LogP contribution in [0.4, 0.5) is 8.78 Å². The quantitative estimate of drug-likeness (QED) is 0.798. The van der Waals surface area contributed by atoms with E-state index in [9.17, 15) is 13.6 Å². The Labute approximate surface area is 132 Å². The Morgan fingerprint density at radius 2 is 1.96 bits per heavy atom. The average Bonchev–Trinajstić information content (AvgIpc) is 2.90. The number of nitrogens with zero attached hydrogens (tertiary/aromatic N) is 2. The van der Waals surface area contributed by atoms with Gasteiger partial charge in [0.05, 0.1) is 6.20 Å². The van der Waals surface area contributed by atoms with Crippen molar-refractivity contribution in [2.45, 2.75) is 19.9 Å². The first-order chi connectivity index (χ1) is 11.0. The Hall–Kier alpha value is -2.76. The molecule has 0 bridgehead atoms. The Morgan fingerprint density at radius 1 is 1.22 bits per heavy atom. The molecule has 0 amide bonds. The predicted molar refractivity (Wildman–Crippen MR) is 83.1 cm³/mol. The molecule has 1 N–H and O–H groups in total. The number of rotatable bonds is 3. The number of aliphatic carboxylic acids is 1. The maximum Gasteiger partial charge on any atom is 0.303 e. The lowest BCUT2D eigenvalue weighted by Gasteiger charge is -2.05. The summed E-state index contributed by atoms with van der Waals surface area (Å²) in [4.78, 5) is 13.4. The van der Waals surface area contributed by atoms with Gasteiger partial charge in [-0.1, -0.05) is 19.1 Å². The molecule has 2 aromatic heterocycles. The van der Waals surface area contributed by atoms with Crippen LogP contribution in [0.15, 0.2) is 48.8 Å². The second kappa shape index (κ2) is 7.49. The van der Waals surface area contributed by atoms with Crippen molar-refractivity contribution in [2.75, 3.05) is 0 Å². The SMILES string of the molecule is CCC(=O)O.Fc1cccc(Cn2ccc3cc(F)cnc32)c1. The zero-order chi connectivity index (χ0) is 16.8.